The molecular formula is C11H14O. The van der Waals surface area contributed by atoms with Crippen molar-refractivity contribution in [1.29, 1.82) is 0 Å². The van der Waals surface area contributed by atoms with E-state index in [9.17, 15) is 0 Å². The van der Waals surface area contributed by atoms with Gasteiger partial charge in [-0.15, -0.1) is 0 Å². The lowest BCUT2D eigenvalue weighted by Gasteiger charge is -2.58. The van der Waals surface area contributed by atoms with Crippen LogP contribution < -0.4 is 0 Å². The van der Waals surface area contributed by atoms with Crippen molar-refractivity contribution < 1.29 is 4.74 Å². The second kappa shape index (κ2) is 1.85. The molecule has 0 aromatic carbocycles. The minimum atomic E-state index is 0.377. The zero-order valence-corrected chi connectivity index (χ0v) is 7.42. The molecule has 0 aromatic heterocycles. The minimum Gasteiger partial charge on any atom is -0.380 e. The third kappa shape index (κ3) is 0.535. The molecule has 12 heavy (non-hydrogen) atoms. The molecule has 1 saturated carbocycles. The van der Waals surface area contributed by atoms with E-state index in [0.29, 0.717) is 10.8 Å². The van der Waals surface area contributed by atoms with Crippen LogP contribution in [-0.2, 0) is 4.74 Å². The third-order valence-electron chi connectivity index (χ3n) is 4.09. The zero-order valence-electron chi connectivity index (χ0n) is 7.42. The van der Waals surface area contributed by atoms with Crippen molar-refractivity contribution in [3.63, 3.8) is 0 Å². The number of allylic oxidation sites excluding steroid dienone is 3. The first-order chi connectivity index (χ1) is 5.77. The van der Waals surface area contributed by atoms with Gasteiger partial charge in [-0.25, -0.2) is 0 Å². The van der Waals surface area contributed by atoms with Crippen LogP contribution in [0.2, 0.25) is 0 Å². The fourth-order valence-electron chi connectivity index (χ4n) is 3.17. The average Bonchev–Trinajstić information content (AvgIpc) is 2.33. The quantitative estimate of drug-likeness (QED) is 0.530. The standard InChI is InChI=1S/C11H14O/c1-10-4-2-3-5-11(10)8-12-7-9(11)6-10/h2-5,9H,6-8H2,1H3. The summed E-state index contributed by atoms with van der Waals surface area (Å²) in [7, 11) is 0. The Bertz CT molecular complexity index is 279. The fourth-order valence-corrected chi connectivity index (χ4v) is 3.17. The summed E-state index contributed by atoms with van der Waals surface area (Å²) in [6.07, 6.45) is 10.4. The maximum absolute atomic E-state index is 5.57. The molecule has 0 aromatic rings. The van der Waals surface area contributed by atoms with Gasteiger partial charge < -0.3 is 4.74 Å². The molecule has 1 heteroatoms. The van der Waals surface area contributed by atoms with Crippen molar-refractivity contribution in [2.24, 2.45) is 16.7 Å². The summed E-state index contributed by atoms with van der Waals surface area (Å²) < 4.78 is 5.57. The SMILES string of the molecule is CC12C=CC=CC13COCC3C2. The van der Waals surface area contributed by atoms with Gasteiger partial charge in [0.05, 0.1) is 13.2 Å². The number of hydrogen-bond donors (Lipinski definition) is 0. The lowest BCUT2D eigenvalue weighted by Crippen LogP contribution is -2.54. The molecule has 0 bridgehead atoms. The zero-order chi connectivity index (χ0) is 8.23. The molecular weight excluding hydrogens is 148 g/mol. The molecule has 1 heterocycles. The molecule has 1 aliphatic heterocycles. The first-order valence-corrected chi connectivity index (χ1v) is 4.72. The van der Waals surface area contributed by atoms with E-state index in [1.807, 2.05) is 0 Å². The first-order valence-electron chi connectivity index (χ1n) is 4.72. The summed E-state index contributed by atoms with van der Waals surface area (Å²) >= 11 is 0. The van der Waals surface area contributed by atoms with Crippen LogP contribution in [-0.4, -0.2) is 13.2 Å². The van der Waals surface area contributed by atoms with E-state index in [-0.39, 0.29) is 0 Å². The Labute approximate surface area is 73.1 Å². The van der Waals surface area contributed by atoms with Crippen LogP contribution in [0.5, 0.6) is 0 Å². The maximum Gasteiger partial charge on any atom is 0.0569 e. The van der Waals surface area contributed by atoms with Crippen molar-refractivity contribution in [3.05, 3.63) is 24.3 Å². The lowest BCUT2D eigenvalue weighted by molar-refractivity contribution is -0.0218. The largest absolute Gasteiger partial charge is 0.380 e. The highest BCUT2D eigenvalue weighted by Gasteiger charge is 2.63. The van der Waals surface area contributed by atoms with Gasteiger partial charge in [-0.1, -0.05) is 31.2 Å². The summed E-state index contributed by atoms with van der Waals surface area (Å²) in [6.45, 7) is 4.28. The van der Waals surface area contributed by atoms with Gasteiger partial charge in [-0.3, -0.25) is 0 Å². The van der Waals surface area contributed by atoms with E-state index in [0.717, 1.165) is 19.1 Å². The molecule has 0 N–H and O–H groups in total. The Morgan fingerprint density at radius 3 is 2.92 bits per heavy atom. The van der Waals surface area contributed by atoms with Crippen LogP contribution in [0, 0.1) is 16.7 Å². The Morgan fingerprint density at radius 2 is 2.17 bits per heavy atom. The van der Waals surface area contributed by atoms with Gasteiger partial charge in [0.2, 0.25) is 0 Å². The minimum absolute atomic E-state index is 0.377. The summed E-state index contributed by atoms with van der Waals surface area (Å²) in [5.41, 5.74) is 0.782. The van der Waals surface area contributed by atoms with Crippen LogP contribution in [0.15, 0.2) is 24.3 Å². The van der Waals surface area contributed by atoms with Gasteiger partial charge in [-0.2, -0.15) is 0 Å². The molecule has 3 rings (SSSR count). The summed E-state index contributed by atoms with van der Waals surface area (Å²) in [5.74, 6) is 0.795. The summed E-state index contributed by atoms with van der Waals surface area (Å²) in [4.78, 5) is 0. The van der Waals surface area contributed by atoms with Crippen molar-refractivity contribution in [2.75, 3.05) is 13.2 Å². The Balaban J connectivity index is 2.07. The van der Waals surface area contributed by atoms with Crippen LogP contribution in [0.4, 0.5) is 0 Å². The topological polar surface area (TPSA) is 9.23 Å². The smallest absolute Gasteiger partial charge is 0.0569 e. The highest BCUT2D eigenvalue weighted by Crippen LogP contribution is 2.66. The third-order valence-corrected chi connectivity index (χ3v) is 4.09. The average molecular weight is 162 g/mol. The van der Waals surface area contributed by atoms with Crippen LogP contribution in [0.3, 0.4) is 0 Å². The predicted octanol–water partition coefficient (Wildman–Crippen LogP) is 2.16. The van der Waals surface area contributed by atoms with Crippen LogP contribution in [0.25, 0.3) is 0 Å². The Kier molecular flexibility index (Phi) is 1.06. The highest BCUT2D eigenvalue weighted by molar-refractivity contribution is 5.33. The molecule has 1 nitrogen and oxygen atoms in total. The molecule has 2 aliphatic carbocycles. The monoisotopic (exact) mass is 162 g/mol. The molecule has 64 valence electrons. The van der Waals surface area contributed by atoms with Gasteiger partial charge in [-0.05, 0) is 17.8 Å². The van der Waals surface area contributed by atoms with Crippen molar-refractivity contribution in [3.8, 4) is 0 Å². The predicted molar refractivity (Wildman–Crippen MR) is 47.7 cm³/mol. The van der Waals surface area contributed by atoms with E-state index >= 15 is 0 Å². The van der Waals surface area contributed by atoms with E-state index in [1.54, 1.807) is 0 Å². The highest BCUT2D eigenvalue weighted by atomic mass is 16.5. The number of rotatable bonds is 0. The molecule has 3 unspecified atom stereocenters. The van der Waals surface area contributed by atoms with E-state index < -0.39 is 0 Å². The Hall–Kier alpha value is -0.560. The van der Waals surface area contributed by atoms with Crippen LogP contribution >= 0.6 is 0 Å². The van der Waals surface area contributed by atoms with E-state index in [4.69, 9.17) is 4.74 Å². The second-order valence-electron chi connectivity index (χ2n) is 4.59. The molecule has 0 amide bonds. The molecule has 3 aliphatic rings. The summed E-state index contributed by atoms with van der Waals surface area (Å²) in [6, 6.07) is 0. The van der Waals surface area contributed by atoms with Crippen molar-refractivity contribution in [2.45, 2.75) is 13.3 Å². The van der Waals surface area contributed by atoms with E-state index in [2.05, 4.69) is 31.2 Å². The van der Waals surface area contributed by atoms with Gasteiger partial charge in [0.1, 0.15) is 0 Å². The maximum atomic E-state index is 5.57. The molecule has 3 atom stereocenters. The molecule has 1 spiro atoms. The van der Waals surface area contributed by atoms with Gasteiger partial charge >= 0.3 is 0 Å². The van der Waals surface area contributed by atoms with Gasteiger partial charge in [0.25, 0.3) is 0 Å². The summed E-state index contributed by atoms with van der Waals surface area (Å²) in [5, 5.41) is 0. The normalized spacial score (nSPS) is 54.6. The van der Waals surface area contributed by atoms with Gasteiger partial charge in [0.15, 0.2) is 0 Å². The van der Waals surface area contributed by atoms with Gasteiger partial charge in [0, 0.05) is 5.41 Å². The lowest BCUT2D eigenvalue weighted by atomic mass is 9.44. The first kappa shape index (κ1) is 6.90. The molecule has 0 radical (unpaired) electrons. The van der Waals surface area contributed by atoms with Crippen molar-refractivity contribution >= 4 is 0 Å². The number of hydrogen-bond acceptors (Lipinski definition) is 1. The second-order valence-corrected chi connectivity index (χ2v) is 4.59. The van der Waals surface area contributed by atoms with Crippen LogP contribution in [0.1, 0.15) is 13.3 Å². The molecule has 2 fully saturated rings. The Morgan fingerprint density at radius 1 is 1.33 bits per heavy atom. The molecule has 1 saturated heterocycles. The van der Waals surface area contributed by atoms with Crippen molar-refractivity contribution in [1.82, 2.24) is 0 Å². The fraction of sp³-hybridized carbons (Fsp3) is 0.636. The van der Waals surface area contributed by atoms with E-state index in [1.165, 1.54) is 6.42 Å². The number of ether oxygens (including phenoxy) is 1.